The first kappa shape index (κ1) is 16.8. The molecule has 2 amide bonds. The van der Waals surface area contributed by atoms with Gasteiger partial charge in [0.15, 0.2) is 5.82 Å². The van der Waals surface area contributed by atoms with Gasteiger partial charge in [-0.15, -0.1) is 0 Å². The van der Waals surface area contributed by atoms with Crippen molar-refractivity contribution in [1.82, 2.24) is 25.2 Å². The van der Waals surface area contributed by atoms with Gasteiger partial charge >= 0.3 is 0 Å². The maximum atomic E-state index is 12.7. The van der Waals surface area contributed by atoms with Crippen LogP contribution in [0.4, 0.5) is 0 Å². The second-order valence-electron chi connectivity index (χ2n) is 7.01. The van der Waals surface area contributed by atoms with Crippen molar-refractivity contribution < 1.29 is 9.59 Å². The van der Waals surface area contributed by atoms with Gasteiger partial charge in [-0.1, -0.05) is 19.3 Å². The lowest BCUT2D eigenvalue weighted by Crippen LogP contribution is -2.45. The molecule has 1 aliphatic carbocycles. The number of carbonyl (C=O) groups excluding carboxylic acids is 2. The summed E-state index contributed by atoms with van der Waals surface area (Å²) in [6, 6.07) is 3.27. The molecule has 1 saturated carbocycles. The molecule has 4 rings (SSSR count). The zero-order valence-electron chi connectivity index (χ0n) is 14.6. The summed E-state index contributed by atoms with van der Waals surface area (Å²) in [5, 5.41) is 2.90. The standard InChI is InChI=1S/C19H23N5O2/c25-18(13-6-8-20-16(12-13)17-21-9-10-22-17)23-15-7-11-24(19(15)26)14-4-2-1-3-5-14/h6,8-10,12,14-15H,1-5,7,11H2,(H,21,22)(H,23,25)/t15-/m0/s1. The predicted molar refractivity (Wildman–Crippen MR) is 96.3 cm³/mol. The summed E-state index contributed by atoms with van der Waals surface area (Å²) >= 11 is 0. The maximum absolute atomic E-state index is 12.7. The molecule has 0 spiro atoms. The Morgan fingerprint density at radius 1 is 1.15 bits per heavy atom. The minimum absolute atomic E-state index is 0.0607. The number of aromatic amines is 1. The number of rotatable bonds is 4. The number of aromatic nitrogens is 3. The van der Waals surface area contributed by atoms with Gasteiger partial charge < -0.3 is 15.2 Å². The van der Waals surface area contributed by atoms with Crippen molar-refractivity contribution in [2.24, 2.45) is 0 Å². The largest absolute Gasteiger partial charge is 0.343 e. The van der Waals surface area contributed by atoms with Gasteiger partial charge in [-0.05, 0) is 31.4 Å². The van der Waals surface area contributed by atoms with E-state index < -0.39 is 6.04 Å². The number of nitrogens with one attached hydrogen (secondary N) is 2. The fourth-order valence-electron chi connectivity index (χ4n) is 3.94. The topological polar surface area (TPSA) is 91.0 Å². The monoisotopic (exact) mass is 353 g/mol. The molecule has 2 N–H and O–H groups in total. The van der Waals surface area contributed by atoms with Crippen LogP contribution in [0.3, 0.4) is 0 Å². The average Bonchev–Trinajstić information content (AvgIpc) is 3.34. The van der Waals surface area contributed by atoms with E-state index in [1.807, 2.05) is 4.90 Å². The molecule has 26 heavy (non-hydrogen) atoms. The molecule has 7 nitrogen and oxygen atoms in total. The van der Waals surface area contributed by atoms with Crippen LogP contribution in [-0.4, -0.2) is 50.3 Å². The third kappa shape index (κ3) is 3.34. The molecule has 2 fully saturated rings. The van der Waals surface area contributed by atoms with Crippen molar-refractivity contribution in [3.63, 3.8) is 0 Å². The van der Waals surface area contributed by atoms with Crippen molar-refractivity contribution in [2.45, 2.75) is 50.6 Å². The summed E-state index contributed by atoms with van der Waals surface area (Å²) in [6.07, 6.45) is 11.4. The quantitative estimate of drug-likeness (QED) is 0.881. The summed E-state index contributed by atoms with van der Waals surface area (Å²) in [6.45, 7) is 0.739. The Morgan fingerprint density at radius 3 is 2.77 bits per heavy atom. The Balaban J connectivity index is 1.42. The molecule has 136 valence electrons. The first-order chi connectivity index (χ1) is 12.7. The van der Waals surface area contributed by atoms with Gasteiger partial charge in [0.05, 0.1) is 0 Å². The number of hydrogen-bond donors (Lipinski definition) is 2. The third-order valence-corrected chi connectivity index (χ3v) is 5.32. The Labute approximate surface area is 152 Å². The van der Waals surface area contributed by atoms with Crippen LogP contribution in [-0.2, 0) is 4.79 Å². The summed E-state index contributed by atoms with van der Waals surface area (Å²) in [5.74, 6) is 0.426. The van der Waals surface area contributed by atoms with Crippen molar-refractivity contribution in [3.05, 3.63) is 36.3 Å². The molecule has 0 aromatic carbocycles. The molecule has 2 aromatic heterocycles. The van der Waals surface area contributed by atoms with Gasteiger partial charge in [0.25, 0.3) is 5.91 Å². The lowest BCUT2D eigenvalue weighted by Gasteiger charge is -2.31. The fraction of sp³-hybridized carbons (Fsp3) is 0.474. The lowest BCUT2D eigenvalue weighted by atomic mass is 9.94. The van der Waals surface area contributed by atoms with Crippen LogP contribution in [0, 0.1) is 0 Å². The molecule has 2 aromatic rings. The Morgan fingerprint density at radius 2 is 2.00 bits per heavy atom. The number of carbonyl (C=O) groups is 2. The minimum atomic E-state index is -0.426. The number of hydrogen-bond acceptors (Lipinski definition) is 4. The normalized spacial score (nSPS) is 21.2. The number of pyridine rings is 1. The van der Waals surface area contributed by atoms with Gasteiger partial charge in [-0.2, -0.15) is 0 Å². The van der Waals surface area contributed by atoms with Crippen molar-refractivity contribution in [1.29, 1.82) is 0 Å². The third-order valence-electron chi connectivity index (χ3n) is 5.32. The smallest absolute Gasteiger partial charge is 0.252 e. The zero-order chi connectivity index (χ0) is 17.9. The molecule has 0 bridgehead atoms. The molecular weight excluding hydrogens is 330 g/mol. The molecule has 3 heterocycles. The molecule has 1 saturated heterocycles. The van der Waals surface area contributed by atoms with E-state index >= 15 is 0 Å². The van der Waals surface area contributed by atoms with Gasteiger partial charge in [0, 0.05) is 36.7 Å². The van der Waals surface area contributed by atoms with Crippen LogP contribution >= 0.6 is 0 Å². The first-order valence-electron chi connectivity index (χ1n) is 9.29. The van der Waals surface area contributed by atoms with E-state index in [-0.39, 0.29) is 11.8 Å². The highest BCUT2D eigenvalue weighted by Crippen LogP contribution is 2.26. The maximum Gasteiger partial charge on any atom is 0.252 e. The van der Waals surface area contributed by atoms with Gasteiger partial charge in [-0.25, -0.2) is 4.98 Å². The summed E-state index contributed by atoms with van der Waals surface area (Å²) in [7, 11) is 0. The number of H-pyrrole nitrogens is 1. The Kier molecular flexibility index (Phi) is 4.69. The summed E-state index contributed by atoms with van der Waals surface area (Å²) in [4.78, 5) is 38.7. The van der Waals surface area contributed by atoms with Gasteiger partial charge in [0.2, 0.25) is 5.91 Å². The van der Waals surface area contributed by atoms with Crippen LogP contribution in [0.5, 0.6) is 0 Å². The molecule has 1 atom stereocenters. The van der Waals surface area contributed by atoms with E-state index in [4.69, 9.17) is 0 Å². The van der Waals surface area contributed by atoms with E-state index in [1.54, 1.807) is 30.7 Å². The van der Waals surface area contributed by atoms with Crippen LogP contribution < -0.4 is 5.32 Å². The Bertz CT molecular complexity index is 783. The summed E-state index contributed by atoms with van der Waals surface area (Å²) < 4.78 is 0. The number of imidazole rings is 1. The summed E-state index contributed by atoms with van der Waals surface area (Å²) in [5.41, 5.74) is 1.08. The lowest BCUT2D eigenvalue weighted by molar-refractivity contribution is -0.131. The number of amides is 2. The van der Waals surface area contributed by atoms with Crippen LogP contribution in [0.2, 0.25) is 0 Å². The molecule has 2 aliphatic rings. The van der Waals surface area contributed by atoms with Crippen LogP contribution in [0.25, 0.3) is 11.5 Å². The van der Waals surface area contributed by atoms with Crippen LogP contribution in [0.15, 0.2) is 30.7 Å². The molecular formula is C19H23N5O2. The first-order valence-corrected chi connectivity index (χ1v) is 9.29. The SMILES string of the molecule is O=C(N[C@H]1CCN(C2CCCCC2)C1=O)c1ccnc(-c2ncc[nH]2)c1. The second-order valence-corrected chi connectivity index (χ2v) is 7.01. The van der Waals surface area contributed by atoms with E-state index in [9.17, 15) is 9.59 Å². The minimum Gasteiger partial charge on any atom is -0.343 e. The highest BCUT2D eigenvalue weighted by Gasteiger charge is 2.37. The Hall–Kier alpha value is -2.70. The number of likely N-dealkylation sites (tertiary alicyclic amines) is 1. The predicted octanol–water partition coefficient (Wildman–Crippen LogP) is 2.14. The molecule has 1 aliphatic heterocycles. The molecule has 7 heteroatoms. The van der Waals surface area contributed by atoms with E-state index in [0.29, 0.717) is 29.5 Å². The highest BCUT2D eigenvalue weighted by atomic mass is 16.2. The average molecular weight is 353 g/mol. The van der Waals surface area contributed by atoms with Gasteiger partial charge in [-0.3, -0.25) is 14.6 Å². The van der Waals surface area contributed by atoms with E-state index in [1.165, 1.54) is 19.3 Å². The highest BCUT2D eigenvalue weighted by molar-refractivity contribution is 5.98. The fourth-order valence-corrected chi connectivity index (χ4v) is 3.94. The number of nitrogens with zero attached hydrogens (tertiary/aromatic N) is 3. The molecule has 0 radical (unpaired) electrons. The van der Waals surface area contributed by atoms with Crippen molar-refractivity contribution in [3.8, 4) is 11.5 Å². The van der Waals surface area contributed by atoms with Gasteiger partial charge in [0.1, 0.15) is 11.7 Å². The van der Waals surface area contributed by atoms with Crippen LogP contribution in [0.1, 0.15) is 48.9 Å². The zero-order valence-corrected chi connectivity index (χ0v) is 14.6. The van der Waals surface area contributed by atoms with E-state index in [0.717, 1.165) is 19.4 Å². The van der Waals surface area contributed by atoms with E-state index in [2.05, 4.69) is 20.3 Å². The molecule has 0 unspecified atom stereocenters. The second kappa shape index (κ2) is 7.27. The van der Waals surface area contributed by atoms with Crippen molar-refractivity contribution in [2.75, 3.05) is 6.54 Å². The van der Waals surface area contributed by atoms with Crippen molar-refractivity contribution >= 4 is 11.8 Å².